The van der Waals surface area contributed by atoms with E-state index in [0.717, 1.165) is 38.5 Å². The highest BCUT2D eigenvalue weighted by Crippen LogP contribution is 2.75. The van der Waals surface area contributed by atoms with Gasteiger partial charge in [0.05, 0.1) is 16.8 Å². The van der Waals surface area contributed by atoms with E-state index in [1.54, 1.807) is 0 Å². The van der Waals surface area contributed by atoms with Gasteiger partial charge in [0.15, 0.2) is 8.32 Å². The first-order valence-corrected chi connectivity index (χ1v) is 12.2. The summed E-state index contributed by atoms with van der Waals surface area (Å²) in [6.45, 7) is 6.84. The molecule has 7 rings (SSSR count). The fourth-order valence-corrected chi connectivity index (χ4v) is 9.11. The largest absolute Gasteiger partial charge is 0.411 e. The number of aliphatic hydroxyl groups is 2. The zero-order valence-electron chi connectivity index (χ0n) is 13.4. The molecule has 4 atom stereocenters. The standard InChI is InChI=1S/C17H28O3Si/c1-21(2,3)20-17-9-16(19)5-11-10-4-15(18,7-13(11)17)8-14(17)12(10)6-16/h10-14,18-19H,4-9H2,1-3H3. The minimum atomic E-state index is -1.67. The van der Waals surface area contributed by atoms with Crippen LogP contribution < -0.4 is 0 Å². The second-order valence-corrected chi connectivity index (χ2v) is 14.4. The van der Waals surface area contributed by atoms with Gasteiger partial charge >= 0.3 is 0 Å². The average molecular weight is 308 g/mol. The van der Waals surface area contributed by atoms with Gasteiger partial charge in [-0.05, 0) is 81.3 Å². The van der Waals surface area contributed by atoms with Crippen molar-refractivity contribution < 1.29 is 14.6 Å². The highest BCUT2D eigenvalue weighted by Gasteiger charge is 2.76. The Morgan fingerprint density at radius 2 is 1.33 bits per heavy atom. The molecule has 7 saturated carbocycles. The Hall–Kier alpha value is 0.0969. The number of hydrogen-bond donors (Lipinski definition) is 2. The molecule has 7 aliphatic carbocycles. The quantitative estimate of drug-likeness (QED) is 0.771. The van der Waals surface area contributed by atoms with Crippen LogP contribution in [0.25, 0.3) is 0 Å². The Bertz CT molecular complexity index is 483. The third-order valence-corrected chi connectivity index (χ3v) is 8.53. The molecule has 0 heterocycles. The van der Waals surface area contributed by atoms with E-state index in [4.69, 9.17) is 4.43 Å². The van der Waals surface area contributed by atoms with Gasteiger partial charge in [-0.25, -0.2) is 0 Å². The van der Waals surface area contributed by atoms with Crippen molar-refractivity contribution in [3.05, 3.63) is 0 Å². The summed E-state index contributed by atoms with van der Waals surface area (Å²) in [4.78, 5) is 0. The molecule has 0 radical (unpaired) electrons. The van der Waals surface area contributed by atoms with Gasteiger partial charge in [-0.2, -0.15) is 0 Å². The summed E-state index contributed by atoms with van der Waals surface area (Å²) >= 11 is 0. The summed E-state index contributed by atoms with van der Waals surface area (Å²) in [5.41, 5.74) is -0.981. The van der Waals surface area contributed by atoms with Crippen LogP contribution in [0, 0.1) is 29.6 Å². The molecule has 4 unspecified atom stereocenters. The monoisotopic (exact) mass is 308 g/mol. The van der Waals surface area contributed by atoms with Gasteiger partial charge < -0.3 is 14.6 Å². The SMILES string of the molecule is C[Si](C)(C)OC12CC3(O)CC4C5CC(O)(CC41)CC2C5C3. The van der Waals surface area contributed by atoms with E-state index < -0.39 is 19.5 Å². The topological polar surface area (TPSA) is 49.7 Å². The first-order valence-electron chi connectivity index (χ1n) is 8.78. The van der Waals surface area contributed by atoms with Crippen molar-refractivity contribution in [3.63, 3.8) is 0 Å². The molecule has 0 amide bonds. The highest BCUT2D eigenvalue weighted by molar-refractivity contribution is 6.69. The molecule has 2 N–H and O–H groups in total. The van der Waals surface area contributed by atoms with Crippen LogP contribution in [0.15, 0.2) is 0 Å². The third kappa shape index (κ3) is 1.55. The molecule has 0 aliphatic heterocycles. The molecule has 4 heteroatoms. The summed E-state index contributed by atoms with van der Waals surface area (Å²) in [6, 6.07) is 0. The van der Waals surface area contributed by atoms with Crippen molar-refractivity contribution >= 4 is 8.32 Å². The summed E-state index contributed by atoms with van der Waals surface area (Å²) in [5, 5.41) is 22.1. The van der Waals surface area contributed by atoms with Crippen molar-refractivity contribution in [1.29, 1.82) is 0 Å². The van der Waals surface area contributed by atoms with E-state index in [-0.39, 0.29) is 5.60 Å². The predicted molar refractivity (Wildman–Crippen MR) is 82.2 cm³/mol. The van der Waals surface area contributed by atoms with Crippen LogP contribution in [0.1, 0.15) is 38.5 Å². The lowest BCUT2D eigenvalue weighted by atomic mass is 9.32. The normalized spacial score (nSPS) is 63.6. The second-order valence-electron chi connectivity index (χ2n) is 10.0. The fourth-order valence-electron chi connectivity index (χ4n) is 7.60. The van der Waals surface area contributed by atoms with E-state index in [9.17, 15) is 10.2 Å². The third-order valence-electron chi connectivity index (χ3n) is 7.54. The second kappa shape index (κ2) is 3.45. The first kappa shape index (κ1) is 13.5. The van der Waals surface area contributed by atoms with Crippen LogP contribution >= 0.6 is 0 Å². The van der Waals surface area contributed by atoms with Gasteiger partial charge in [0.2, 0.25) is 0 Å². The van der Waals surface area contributed by atoms with Crippen LogP contribution in [-0.4, -0.2) is 35.3 Å². The zero-order valence-corrected chi connectivity index (χ0v) is 14.4. The molecule has 0 aromatic carbocycles. The molecule has 118 valence electrons. The van der Waals surface area contributed by atoms with E-state index in [0.29, 0.717) is 29.6 Å². The molecular weight excluding hydrogens is 280 g/mol. The molecule has 0 saturated heterocycles. The van der Waals surface area contributed by atoms with E-state index in [2.05, 4.69) is 19.6 Å². The lowest BCUT2D eigenvalue weighted by molar-refractivity contribution is -0.341. The van der Waals surface area contributed by atoms with Crippen molar-refractivity contribution in [3.8, 4) is 0 Å². The van der Waals surface area contributed by atoms with Gasteiger partial charge in [-0.1, -0.05) is 0 Å². The molecule has 0 aromatic heterocycles. The maximum Gasteiger partial charge on any atom is 0.184 e. The lowest BCUT2D eigenvalue weighted by Crippen LogP contribution is -2.79. The van der Waals surface area contributed by atoms with Gasteiger partial charge in [0, 0.05) is 6.42 Å². The Morgan fingerprint density at radius 3 is 1.86 bits per heavy atom. The Balaban J connectivity index is 1.65. The minimum absolute atomic E-state index is 0.103. The summed E-state index contributed by atoms with van der Waals surface area (Å²) < 4.78 is 6.85. The van der Waals surface area contributed by atoms with Crippen LogP contribution in [0.3, 0.4) is 0 Å². The van der Waals surface area contributed by atoms with E-state index >= 15 is 0 Å². The molecule has 21 heavy (non-hydrogen) atoms. The number of hydrogen-bond acceptors (Lipinski definition) is 3. The molecule has 7 fully saturated rings. The Kier molecular flexibility index (Phi) is 2.22. The van der Waals surface area contributed by atoms with E-state index in [1.807, 2.05) is 0 Å². The summed E-state index contributed by atoms with van der Waals surface area (Å²) in [6.07, 6.45) is 5.64. The molecule has 3 nitrogen and oxygen atoms in total. The van der Waals surface area contributed by atoms with E-state index in [1.165, 1.54) is 0 Å². The fraction of sp³-hybridized carbons (Fsp3) is 1.00. The Morgan fingerprint density at radius 1 is 0.810 bits per heavy atom. The average Bonchev–Trinajstić information content (AvgIpc) is 2.31. The molecule has 0 aromatic rings. The predicted octanol–water partition coefficient (Wildman–Crippen LogP) is 2.53. The van der Waals surface area contributed by atoms with Gasteiger partial charge in [-0.15, -0.1) is 0 Å². The van der Waals surface area contributed by atoms with Gasteiger partial charge in [-0.3, -0.25) is 0 Å². The lowest BCUT2D eigenvalue weighted by Gasteiger charge is -2.77. The maximum atomic E-state index is 11.1. The molecule has 0 spiro atoms. The first-order chi connectivity index (χ1) is 9.63. The maximum absolute atomic E-state index is 11.1. The van der Waals surface area contributed by atoms with Crippen LogP contribution in [-0.2, 0) is 4.43 Å². The van der Waals surface area contributed by atoms with Gasteiger partial charge in [0.25, 0.3) is 0 Å². The molecular formula is C17H28O3Si. The van der Waals surface area contributed by atoms with Gasteiger partial charge in [0.1, 0.15) is 0 Å². The van der Waals surface area contributed by atoms with Crippen molar-refractivity contribution in [1.82, 2.24) is 0 Å². The Labute approximate surface area is 128 Å². The summed E-state index contributed by atoms with van der Waals surface area (Å²) in [5.74, 6) is 2.88. The van der Waals surface area contributed by atoms with Crippen LogP contribution in [0.4, 0.5) is 0 Å². The zero-order chi connectivity index (χ0) is 14.8. The van der Waals surface area contributed by atoms with Crippen molar-refractivity contribution in [2.24, 2.45) is 29.6 Å². The van der Waals surface area contributed by atoms with Crippen molar-refractivity contribution in [2.75, 3.05) is 0 Å². The smallest absolute Gasteiger partial charge is 0.184 e. The minimum Gasteiger partial charge on any atom is -0.411 e. The van der Waals surface area contributed by atoms with Crippen molar-refractivity contribution in [2.45, 2.75) is 75.0 Å². The summed E-state index contributed by atoms with van der Waals surface area (Å²) in [7, 11) is -1.67. The van der Waals surface area contributed by atoms with Crippen LogP contribution in [0.5, 0.6) is 0 Å². The highest BCUT2D eigenvalue weighted by atomic mass is 28.4. The molecule has 8 bridgehead atoms. The molecule has 7 aliphatic rings. The number of rotatable bonds is 2. The van der Waals surface area contributed by atoms with Crippen LogP contribution in [0.2, 0.25) is 19.6 Å².